The molecule has 0 amide bonds. The van der Waals surface area contributed by atoms with Crippen LogP contribution in [0.25, 0.3) is 0 Å². The number of alkyl halides is 12. The first kappa shape index (κ1) is 19.2. The minimum Gasteiger partial charge on any atom is -0.171 e. The second kappa shape index (κ2) is 4.37. The molecule has 3 unspecified atom stereocenters. The summed E-state index contributed by atoms with van der Waals surface area (Å²) in [6.07, 6.45) is -25.3. The molecule has 1 aliphatic carbocycles. The van der Waals surface area contributed by atoms with E-state index in [0.717, 1.165) is 0 Å². The van der Waals surface area contributed by atoms with Gasteiger partial charge < -0.3 is 0 Å². The summed E-state index contributed by atoms with van der Waals surface area (Å²) in [7, 11) is 0. The van der Waals surface area contributed by atoms with Gasteiger partial charge in [0.25, 0.3) is 0 Å². The van der Waals surface area contributed by atoms with Crippen LogP contribution in [0.3, 0.4) is 0 Å². The first-order valence-electron chi connectivity index (χ1n) is 5.58. The Labute approximate surface area is 115 Å². The molecule has 0 aromatic carbocycles. The van der Waals surface area contributed by atoms with Crippen molar-refractivity contribution in [2.75, 3.05) is 0 Å². The van der Waals surface area contributed by atoms with Gasteiger partial charge in [0.2, 0.25) is 0 Å². The topological polar surface area (TPSA) is 0 Å². The van der Waals surface area contributed by atoms with Gasteiger partial charge in [-0.2, -0.15) is 52.7 Å². The Kier molecular flexibility index (Phi) is 3.81. The molecule has 1 fully saturated rings. The van der Waals surface area contributed by atoms with Gasteiger partial charge in [-0.15, -0.1) is 0 Å². The van der Waals surface area contributed by atoms with Crippen LogP contribution in [0.15, 0.2) is 0 Å². The quantitative estimate of drug-likeness (QED) is 0.545. The SMILES string of the molecule is CC(C(F)(F)F)C1(C(F)(F)F)C(C)C1(C(F)(F)F)C(F)(F)F. The zero-order valence-electron chi connectivity index (χ0n) is 10.7. The van der Waals surface area contributed by atoms with E-state index in [2.05, 4.69) is 0 Å². The Balaban J connectivity index is 3.77. The van der Waals surface area contributed by atoms with Gasteiger partial charge in [0.05, 0.1) is 5.92 Å². The number of hydrogen-bond acceptors (Lipinski definition) is 0. The monoisotopic (exact) mass is 356 g/mol. The van der Waals surface area contributed by atoms with Crippen molar-refractivity contribution >= 4 is 0 Å². The molecular weight excluding hydrogens is 348 g/mol. The molecule has 0 radical (unpaired) electrons. The highest BCUT2D eigenvalue weighted by molar-refractivity contribution is 5.30. The molecule has 0 aliphatic heterocycles. The molecule has 0 N–H and O–H groups in total. The molecule has 0 heterocycles. The van der Waals surface area contributed by atoms with Crippen LogP contribution < -0.4 is 0 Å². The van der Waals surface area contributed by atoms with Crippen LogP contribution >= 0.6 is 0 Å². The smallest absolute Gasteiger partial charge is 0.171 e. The zero-order valence-corrected chi connectivity index (χ0v) is 10.7. The van der Waals surface area contributed by atoms with Crippen LogP contribution in [0.1, 0.15) is 13.8 Å². The van der Waals surface area contributed by atoms with Gasteiger partial charge in [-0.05, 0) is 5.92 Å². The van der Waals surface area contributed by atoms with E-state index >= 15 is 0 Å². The van der Waals surface area contributed by atoms with Crippen LogP contribution in [0.2, 0.25) is 0 Å². The summed E-state index contributed by atoms with van der Waals surface area (Å²) in [6.45, 7) is -0.431. The third-order valence-corrected chi connectivity index (χ3v) is 4.44. The number of halogens is 12. The minimum atomic E-state index is -6.54. The highest BCUT2D eigenvalue weighted by Crippen LogP contribution is 2.88. The second-order valence-electron chi connectivity index (χ2n) is 5.16. The molecule has 0 spiro atoms. The summed E-state index contributed by atoms with van der Waals surface area (Å²) in [5, 5.41) is 0. The van der Waals surface area contributed by atoms with Gasteiger partial charge in [-0.1, -0.05) is 13.8 Å². The van der Waals surface area contributed by atoms with Crippen LogP contribution in [0.5, 0.6) is 0 Å². The lowest BCUT2D eigenvalue weighted by Gasteiger charge is -2.35. The summed E-state index contributed by atoms with van der Waals surface area (Å²) < 4.78 is 154. The van der Waals surface area contributed by atoms with Gasteiger partial charge in [0.15, 0.2) is 5.41 Å². The fourth-order valence-corrected chi connectivity index (χ4v) is 3.50. The van der Waals surface area contributed by atoms with Gasteiger partial charge in [0.1, 0.15) is 5.41 Å². The lowest BCUT2D eigenvalue weighted by Crippen LogP contribution is -2.52. The molecular formula is C10H8F12. The summed E-state index contributed by atoms with van der Waals surface area (Å²) in [6, 6.07) is 0. The lowest BCUT2D eigenvalue weighted by atomic mass is 9.79. The van der Waals surface area contributed by atoms with E-state index in [1.807, 2.05) is 0 Å². The maximum absolute atomic E-state index is 13.0. The standard InChI is InChI=1S/C10H8F12/c1-3-5(8(14,15)16,4(2)7(11,12)13)6(3,9(17,18)19)10(20,21)22/h3-4H,1-2H3. The fourth-order valence-electron chi connectivity index (χ4n) is 3.50. The Hall–Kier alpha value is -0.840. The largest absolute Gasteiger partial charge is 0.404 e. The Morgan fingerprint density at radius 3 is 1.14 bits per heavy atom. The molecule has 3 atom stereocenters. The van der Waals surface area contributed by atoms with E-state index in [-0.39, 0.29) is 13.8 Å². The van der Waals surface area contributed by atoms with E-state index in [1.54, 1.807) is 0 Å². The first-order valence-corrected chi connectivity index (χ1v) is 5.58. The van der Waals surface area contributed by atoms with Crippen molar-refractivity contribution in [3.8, 4) is 0 Å². The third kappa shape index (κ3) is 1.93. The van der Waals surface area contributed by atoms with Crippen molar-refractivity contribution in [3.63, 3.8) is 0 Å². The van der Waals surface area contributed by atoms with Crippen molar-refractivity contribution < 1.29 is 52.7 Å². The predicted molar refractivity (Wildman–Crippen MR) is 47.4 cm³/mol. The van der Waals surface area contributed by atoms with Crippen molar-refractivity contribution in [3.05, 3.63) is 0 Å². The molecule has 0 saturated heterocycles. The third-order valence-electron chi connectivity index (χ3n) is 4.44. The first-order chi connectivity index (χ1) is 9.31. The van der Waals surface area contributed by atoms with Crippen LogP contribution in [-0.4, -0.2) is 24.7 Å². The van der Waals surface area contributed by atoms with Crippen LogP contribution in [0, 0.1) is 22.7 Å². The number of hydrogen-bond donors (Lipinski definition) is 0. The van der Waals surface area contributed by atoms with E-state index < -0.39 is 47.4 Å². The highest BCUT2D eigenvalue weighted by atomic mass is 19.4. The average Bonchev–Trinajstić information content (AvgIpc) is 2.76. The van der Waals surface area contributed by atoms with Gasteiger partial charge in [-0.3, -0.25) is 0 Å². The van der Waals surface area contributed by atoms with Gasteiger partial charge >= 0.3 is 24.7 Å². The molecule has 0 nitrogen and oxygen atoms in total. The summed E-state index contributed by atoms with van der Waals surface area (Å²) in [5.74, 6) is -7.23. The number of rotatable bonds is 1. The zero-order chi connectivity index (χ0) is 18.2. The molecule has 132 valence electrons. The van der Waals surface area contributed by atoms with E-state index in [9.17, 15) is 52.7 Å². The lowest BCUT2D eigenvalue weighted by molar-refractivity contribution is -0.356. The molecule has 1 rings (SSSR count). The maximum Gasteiger partial charge on any atom is 0.404 e. The molecule has 1 aliphatic rings. The summed E-state index contributed by atoms with van der Waals surface area (Å²) in [4.78, 5) is 0. The van der Waals surface area contributed by atoms with E-state index in [0.29, 0.717) is 0 Å². The minimum absolute atomic E-state index is 0.114. The van der Waals surface area contributed by atoms with E-state index in [4.69, 9.17) is 0 Å². The second-order valence-corrected chi connectivity index (χ2v) is 5.16. The van der Waals surface area contributed by atoms with E-state index in [1.165, 1.54) is 0 Å². The molecule has 0 aromatic heterocycles. The Morgan fingerprint density at radius 1 is 0.682 bits per heavy atom. The molecule has 12 heteroatoms. The maximum atomic E-state index is 13.0. The van der Waals surface area contributed by atoms with Crippen molar-refractivity contribution in [2.45, 2.75) is 38.6 Å². The Morgan fingerprint density at radius 2 is 1.00 bits per heavy atom. The predicted octanol–water partition coefficient (Wildman–Crippen LogP) is 5.49. The van der Waals surface area contributed by atoms with Crippen molar-refractivity contribution in [1.29, 1.82) is 0 Å². The van der Waals surface area contributed by atoms with Gasteiger partial charge in [0, 0.05) is 0 Å². The fraction of sp³-hybridized carbons (Fsp3) is 1.00. The van der Waals surface area contributed by atoms with Crippen molar-refractivity contribution in [1.82, 2.24) is 0 Å². The van der Waals surface area contributed by atoms with Crippen LogP contribution in [-0.2, 0) is 0 Å². The normalized spacial score (nSPS) is 31.1. The van der Waals surface area contributed by atoms with Gasteiger partial charge in [-0.25, -0.2) is 0 Å². The molecule has 22 heavy (non-hydrogen) atoms. The molecule has 0 aromatic rings. The Bertz CT molecular complexity index is 421. The average molecular weight is 356 g/mol. The van der Waals surface area contributed by atoms with Crippen molar-refractivity contribution in [2.24, 2.45) is 22.7 Å². The van der Waals surface area contributed by atoms with Crippen LogP contribution in [0.4, 0.5) is 52.7 Å². The molecule has 0 bridgehead atoms. The highest BCUT2D eigenvalue weighted by Gasteiger charge is 3.03. The molecule has 1 saturated carbocycles. The summed E-state index contributed by atoms with van der Waals surface area (Å²) in [5.41, 5.74) is -10.5. The summed E-state index contributed by atoms with van der Waals surface area (Å²) >= 11 is 0.